The summed E-state index contributed by atoms with van der Waals surface area (Å²) in [7, 11) is 0. The minimum Gasteiger partial charge on any atom is -0.347 e. The summed E-state index contributed by atoms with van der Waals surface area (Å²) in [5.74, 6) is -0.251. The highest BCUT2D eigenvalue weighted by Crippen LogP contribution is 2.05. The fourth-order valence-corrected chi connectivity index (χ4v) is 2.52. The van der Waals surface area contributed by atoms with Crippen LogP contribution in [0.1, 0.15) is 23.3 Å². The van der Waals surface area contributed by atoms with E-state index >= 15 is 0 Å². The average molecular weight is 335 g/mol. The Labute approximate surface area is 140 Å². The van der Waals surface area contributed by atoms with Gasteiger partial charge < -0.3 is 10.6 Å². The second-order valence-corrected chi connectivity index (χ2v) is 5.32. The van der Waals surface area contributed by atoms with Gasteiger partial charge >= 0.3 is 0 Å². The van der Waals surface area contributed by atoms with Crippen LogP contribution < -0.4 is 16.2 Å². The molecule has 1 aromatic heterocycles. The van der Waals surface area contributed by atoms with Crippen LogP contribution in [0.4, 0.5) is 0 Å². The zero-order valence-electron chi connectivity index (χ0n) is 12.6. The number of rotatable bonds is 3. The number of nitrogens with one attached hydrogen (secondary N) is 2. The quantitative estimate of drug-likeness (QED) is 0.882. The van der Waals surface area contributed by atoms with E-state index in [0.29, 0.717) is 5.69 Å². The third-order valence-electron chi connectivity index (χ3n) is 3.67. The third-order valence-corrected chi connectivity index (χ3v) is 3.67. The van der Waals surface area contributed by atoms with E-state index in [9.17, 15) is 9.59 Å². The van der Waals surface area contributed by atoms with E-state index < -0.39 is 0 Å². The molecule has 7 heteroatoms. The standard InChI is InChI=1S/C16H18N4O2.ClH/c21-15-9-8-14(16(22)18-12-5-4-10-17-11-12)19-20(15)13-6-2-1-3-7-13;/h1-3,6-9,12,17H,4-5,10-11H2,(H,18,22);1H/t12-;/m0./s1. The van der Waals surface area contributed by atoms with Crippen molar-refractivity contribution < 1.29 is 4.79 Å². The van der Waals surface area contributed by atoms with Gasteiger partial charge in [-0.1, -0.05) is 18.2 Å². The maximum atomic E-state index is 12.3. The SMILES string of the molecule is Cl.O=C(N[C@H]1CCCNC1)c1ccc(=O)n(-c2ccccc2)n1. The van der Waals surface area contributed by atoms with Gasteiger partial charge in [0, 0.05) is 18.7 Å². The molecule has 0 bridgehead atoms. The maximum Gasteiger partial charge on any atom is 0.272 e. The summed E-state index contributed by atoms with van der Waals surface area (Å²) in [6, 6.07) is 12.0. The lowest BCUT2D eigenvalue weighted by molar-refractivity contribution is 0.0924. The van der Waals surface area contributed by atoms with Gasteiger partial charge in [-0.2, -0.15) is 9.78 Å². The van der Waals surface area contributed by atoms with Gasteiger partial charge in [0.15, 0.2) is 0 Å². The fourth-order valence-electron chi connectivity index (χ4n) is 2.52. The Hall–Kier alpha value is -2.18. The van der Waals surface area contributed by atoms with Crippen LogP contribution in [0, 0.1) is 0 Å². The van der Waals surface area contributed by atoms with Crippen molar-refractivity contribution in [2.45, 2.75) is 18.9 Å². The topological polar surface area (TPSA) is 76.0 Å². The number of para-hydroxylation sites is 1. The van der Waals surface area contributed by atoms with Crippen LogP contribution in [0.2, 0.25) is 0 Å². The van der Waals surface area contributed by atoms with Gasteiger partial charge in [-0.05, 0) is 37.6 Å². The predicted molar refractivity (Wildman–Crippen MR) is 90.4 cm³/mol. The van der Waals surface area contributed by atoms with Crippen molar-refractivity contribution in [3.8, 4) is 5.69 Å². The molecule has 0 unspecified atom stereocenters. The van der Waals surface area contributed by atoms with Gasteiger partial charge in [-0.3, -0.25) is 9.59 Å². The molecule has 1 aromatic carbocycles. The van der Waals surface area contributed by atoms with E-state index in [2.05, 4.69) is 15.7 Å². The number of hydrogen-bond donors (Lipinski definition) is 2. The molecule has 1 saturated heterocycles. The Balaban J connectivity index is 0.00000192. The minimum atomic E-state index is -0.262. The predicted octanol–water partition coefficient (Wildman–Crippen LogP) is 1.14. The molecule has 122 valence electrons. The summed E-state index contributed by atoms with van der Waals surface area (Å²) in [6.45, 7) is 1.76. The molecule has 2 N–H and O–H groups in total. The Morgan fingerprint density at radius 1 is 1.22 bits per heavy atom. The molecule has 3 rings (SSSR count). The van der Waals surface area contributed by atoms with E-state index in [1.54, 1.807) is 12.1 Å². The monoisotopic (exact) mass is 334 g/mol. The zero-order chi connectivity index (χ0) is 15.4. The molecule has 0 aliphatic carbocycles. The number of piperidine rings is 1. The van der Waals surface area contributed by atoms with E-state index in [1.807, 2.05) is 18.2 Å². The van der Waals surface area contributed by atoms with Crippen LogP contribution in [0.25, 0.3) is 5.69 Å². The molecule has 23 heavy (non-hydrogen) atoms. The number of nitrogens with zero attached hydrogens (tertiary/aromatic N) is 2. The first-order valence-corrected chi connectivity index (χ1v) is 7.41. The molecule has 1 fully saturated rings. The molecule has 1 amide bonds. The largest absolute Gasteiger partial charge is 0.347 e. The molecule has 0 saturated carbocycles. The lowest BCUT2D eigenvalue weighted by Gasteiger charge is -2.23. The normalized spacial score (nSPS) is 17.1. The van der Waals surface area contributed by atoms with Crippen LogP contribution in [0.5, 0.6) is 0 Å². The number of aromatic nitrogens is 2. The Morgan fingerprint density at radius 2 is 2.00 bits per heavy atom. The number of carbonyl (C=O) groups excluding carboxylic acids is 1. The summed E-state index contributed by atoms with van der Waals surface area (Å²) in [6.07, 6.45) is 2.00. The molecular weight excluding hydrogens is 316 g/mol. The van der Waals surface area contributed by atoms with Crippen molar-refractivity contribution in [2.75, 3.05) is 13.1 Å². The van der Waals surface area contributed by atoms with E-state index in [0.717, 1.165) is 25.9 Å². The van der Waals surface area contributed by atoms with Gasteiger partial charge in [0.25, 0.3) is 11.5 Å². The van der Waals surface area contributed by atoms with Crippen LogP contribution >= 0.6 is 12.4 Å². The van der Waals surface area contributed by atoms with Crippen LogP contribution in [-0.4, -0.2) is 34.8 Å². The van der Waals surface area contributed by atoms with Gasteiger partial charge in [0.1, 0.15) is 5.69 Å². The third kappa shape index (κ3) is 4.18. The number of amides is 1. The summed E-state index contributed by atoms with van der Waals surface area (Å²) in [4.78, 5) is 24.2. The molecule has 1 atom stereocenters. The highest BCUT2D eigenvalue weighted by atomic mass is 35.5. The summed E-state index contributed by atoms with van der Waals surface area (Å²) >= 11 is 0. The fraction of sp³-hybridized carbons (Fsp3) is 0.312. The van der Waals surface area contributed by atoms with Gasteiger partial charge in [0.05, 0.1) is 5.69 Å². The highest BCUT2D eigenvalue weighted by Gasteiger charge is 2.17. The Morgan fingerprint density at radius 3 is 2.70 bits per heavy atom. The number of hydrogen-bond acceptors (Lipinski definition) is 4. The van der Waals surface area contributed by atoms with Crippen molar-refractivity contribution >= 4 is 18.3 Å². The second-order valence-electron chi connectivity index (χ2n) is 5.32. The van der Waals surface area contributed by atoms with Gasteiger partial charge in [0.2, 0.25) is 0 Å². The average Bonchev–Trinajstić information content (AvgIpc) is 2.57. The van der Waals surface area contributed by atoms with Crippen molar-refractivity contribution in [3.63, 3.8) is 0 Å². The zero-order valence-corrected chi connectivity index (χ0v) is 13.4. The first-order valence-electron chi connectivity index (χ1n) is 7.41. The maximum absolute atomic E-state index is 12.3. The van der Waals surface area contributed by atoms with Crippen LogP contribution in [0.15, 0.2) is 47.3 Å². The highest BCUT2D eigenvalue weighted by molar-refractivity contribution is 5.92. The Kier molecular flexibility index (Phi) is 5.90. The molecule has 2 heterocycles. The molecule has 1 aliphatic rings. The molecule has 0 radical (unpaired) electrons. The lowest BCUT2D eigenvalue weighted by Crippen LogP contribution is -2.46. The number of benzene rings is 1. The smallest absolute Gasteiger partial charge is 0.272 e. The first-order chi connectivity index (χ1) is 10.7. The van der Waals surface area contributed by atoms with Crippen molar-refractivity contribution in [2.24, 2.45) is 0 Å². The summed E-state index contributed by atoms with van der Waals surface area (Å²) in [5, 5.41) is 10.4. The van der Waals surface area contributed by atoms with E-state index in [-0.39, 0.29) is 35.6 Å². The van der Waals surface area contributed by atoms with Crippen LogP contribution in [0.3, 0.4) is 0 Å². The van der Waals surface area contributed by atoms with Gasteiger partial charge in [-0.15, -0.1) is 12.4 Å². The number of halogens is 1. The first kappa shape index (κ1) is 17.2. The van der Waals surface area contributed by atoms with Crippen LogP contribution in [-0.2, 0) is 0 Å². The second kappa shape index (κ2) is 7.89. The molecule has 6 nitrogen and oxygen atoms in total. The van der Waals surface area contributed by atoms with E-state index in [1.165, 1.54) is 16.8 Å². The minimum absolute atomic E-state index is 0. The van der Waals surface area contributed by atoms with Crippen molar-refractivity contribution in [1.82, 2.24) is 20.4 Å². The van der Waals surface area contributed by atoms with Gasteiger partial charge in [-0.25, -0.2) is 0 Å². The van der Waals surface area contributed by atoms with Crippen molar-refractivity contribution in [1.29, 1.82) is 0 Å². The lowest BCUT2D eigenvalue weighted by atomic mass is 10.1. The van der Waals surface area contributed by atoms with E-state index in [4.69, 9.17) is 0 Å². The summed E-state index contributed by atoms with van der Waals surface area (Å²) < 4.78 is 1.24. The Bertz CT molecular complexity index is 712. The number of carbonyl (C=O) groups is 1. The molecular formula is C16H19ClN4O2. The molecule has 1 aliphatic heterocycles. The van der Waals surface area contributed by atoms with Crippen molar-refractivity contribution in [3.05, 3.63) is 58.5 Å². The molecule has 0 spiro atoms. The molecule has 2 aromatic rings. The summed E-state index contributed by atoms with van der Waals surface area (Å²) in [5.41, 5.74) is 0.623.